The molecule has 4 rings (SSSR count). The summed E-state index contributed by atoms with van der Waals surface area (Å²) in [4.78, 5) is 35.7. The Morgan fingerprint density at radius 1 is 1.20 bits per heavy atom. The Morgan fingerprint density at radius 3 is 2.70 bits per heavy atom. The van der Waals surface area contributed by atoms with E-state index < -0.39 is 29.7 Å². The SMILES string of the molecule is NC(=O)[C@@H](c1ccccn1)N(C(=O)c1cccnc1)[C@@H]1CCc2c(F)cc(Cl)cc21. The van der Waals surface area contributed by atoms with Crippen LogP contribution in [0.25, 0.3) is 0 Å². The first-order chi connectivity index (χ1) is 14.5. The molecule has 2 N–H and O–H groups in total. The number of aromatic nitrogens is 2. The first-order valence-electron chi connectivity index (χ1n) is 9.38. The van der Waals surface area contributed by atoms with Gasteiger partial charge in [0.25, 0.3) is 5.91 Å². The third-order valence-electron chi connectivity index (χ3n) is 5.22. The van der Waals surface area contributed by atoms with E-state index in [1.54, 1.807) is 42.6 Å². The Kier molecular flexibility index (Phi) is 5.46. The summed E-state index contributed by atoms with van der Waals surface area (Å²) in [6.07, 6.45) is 5.32. The number of carbonyl (C=O) groups excluding carboxylic acids is 2. The van der Waals surface area contributed by atoms with Crippen molar-refractivity contribution < 1.29 is 14.0 Å². The van der Waals surface area contributed by atoms with Crippen LogP contribution in [0.5, 0.6) is 0 Å². The summed E-state index contributed by atoms with van der Waals surface area (Å²) in [5, 5.41) is 0.223. The molecule has 1 aromatic carbocycles. The van der Waals surface area contributed by atoms with Crippen LogP contribution in [-0.4, -0.2) is 26.7 Å². The maximum absolute atomic E-state index is 14.5. The fraction of sp³-hybridized carbons (Fsp3) is 0.182. The van der Waals surface area contributed by atoms with Gasteiger partial charge in [-0.05, 0) is 60.4 Å². The Morgan fingerprint density at radius 2 is 2.03 bits per heavy atom. The van der Waals surface area contributed by atoms with E-state index in [1.165, 1.54) is 23.4 Å². The molecule has 0 radical (unpaired) electrons. The van der Waals surface area contributed by atoms with Crippen LogP contribution in [0.4, 0.5) is 4.39 Å². The van der Waals surface area contributed by atoms with E-state index in [4.69, 9.17) is 17.3 Å². The molecular weight excluding hydrogens is 407 g/mol. The fourth-order valence-corrected chi connectivity index (χ4v) is 4.16. The van der Waals surface area contributed by atoms with Gasteiger partial charge in [-0.1, -0.05) is 17.7 Å². The van der Waals surface area contributed by atoms with Crippen LogP contribution in [0.15, 0.2) is 61.1 Å². The maximum Gasteiger partial charge on any atom is 0.256 e. The molecule has 0 fully saturated rings. The van der Waals surface area contributed by atoms with Crippen LogP contribution in [0.3, 0.4) is 0 Å². The van der Waals surface area contributed by atoms with Crippen molar-refractivity contribution in [1.82, 2.24) is 14.9 Å². The second-order valence-corrected chi connectivity index (χ2v) is 7.46. The summed E-state index contributed by atoms with van der Waals surface area (Å²) in [7, 11) is 0. The van der Waals surface area contributed by atoms with Gasteiger partial charge in [-0.25, -0.2) is 4.39 Å². The first kappa shape index (κ1) is 20.0. The third-order valence-corrected chi connectivity index (χ3v) is 5.43. The monoisotopic (exact) mass is 424 g/mol. The molecule has 152 valence electrons. The summed E-state index contributed by atoms with van der Waals surface area (Å²) in [6.45, 7) is 0. The van der Waals surface area contributed by atoms with E-state index in [-0.39, 0.29) is 10.6 Å². The van der Waals surface area contributed by atoms with Gasteiger partial charge >= 0.3 is 0 Å². The number of primary amides is 1. The van der Waals surface area contributed by atoms with Crippen molar-refractivity contribution in [1.29, 1.82) is 0 Å². The molecule has 2 heterocycles. The minimum atomic E-state index is -1.14. The molecular formula is C22H18ClFN4O2. The molecule has 8 heteroatoms. The smallest absolute Gasteiger partial charge is 0.256 e. The van der Waals surface area contributed by atoms with Crippen molar-refractivity contribution in [3.63, 3.8) is 0 Å². The highest BCUT2D eigenvalue weighted by molar-refractivity contribution is 6.30. The Bertz CT molecular complexity index is 1100. The predicted octanol–water partition coefficient (Wildman–Crippen LogP) is 3.63. The number of halogens is 2. The highest BCUT2D eigenvalue weighted by atomic mass is 35.5. The van der Waals surface area contributed by atoms with Gasteiger partial charge in [0.05, 0.1) is 17.3 Å². The van der Waals surface area contributed by atoms with Gasteiger partial charge in [-0.15, -0.1) is 0 Å². The van der Waals surface area contributed by atoms with Crippen LogP contribution in [-0.2, 0) is 11.2 Å². The zero-order chi connectivity index (χ0) is 21.3. The van der Waals surface area contributed by atoms with Crippen molar-refractivity contribution in [2.24, 2.45) is 5.73 Å². The van der Waals surface area contributed by atoms with Crippen LogP contribution in [0.2, 0.25) is 5.02 Å². The number of pyridine rings is 2. The Labute approximate surface area is 177 Å². The average molecular weight is 425 g/mol. The molecule has 2 aromatic heterocycles. The summed E-state index contributed by atoms with van der Waals surface area (Å²) in [5.41, 5.74) is 7.42. The van der Waals surface area contributed by atoms with Gasteiger partial charge in [0.2, 0.25) is 5.91 Å². The van der Waals surface area contributed by atoms with Crippen LogP contribution < -0.4 is 5.73 Å². The Balaban J connectivity index is 1.88. The highest BCUT2D eigenvalue weighted by Crippen LogP contribution is 2.42. The Hall–Kier alpha value is -3.32. The minimum absolute atomic E-state index is 0.223. The molecule has 0 spiro atoms. The number of amides is 2. The number of benzene rings is 1. The molecule has 0 bridgehead atoms. The molecule has 1 aliphatic rings. The molecule has 6 nitrogen and oxygen atoms in total. The molecule has 0 unspecified atom stereocenters. The summed E-state index contributed by atoms with van der Waals surface area (Å²) < 4.78 is 14.5. The quantitative estimate of drug-likeness (QED) is 0.677. The fourth-order valence-electron chi connectivity index (χ4n) is 3.95. The zero-order valence-corrected chi connectivity index (χ0v) is 16.6. The van der Waals surface area contributed by atoms with Crippen LogP contribution in [0.1, 0.15) is 45.7 Å². The second kappa shape index (κ2) is 8.20. The summed E-state index contributed by atoms with van der Waals surface area (Å²) >= 11 is 6.10. The number of carbonyl (C=O) groups is 2. The van der Waals surface area contributed by atoms with Crippen molar-refractivity contribution in [2.45, 2.75) is 24.9 Å². The van der Waals surface area contributed by atoms with Crippen molar-refractivity contribution >= 4 is 23.4 Å². The van der Waals surface area contributed by atoms with Gasteiger partial charge in [0.1, 0.15) is 5.82 Å². The van der Waals surface area contributed by atoms with E-state index >= 15 is 0 Å². The number of nitrogens with zero attached hydrogens (tertiary/aromatic N) is 3. The lowest BCUT2D eigenvalue weighted by molar-refractivity contribution is -0.123. The molecule has 1 aliphatic carbocycles. The van der Waals surface area contributed by atoms with Gasteiger partial charge in [0.15, 0.2) is 6.04 Å². The topological polar surface area (TPSA) is 89.2 Å². The molecule has 2 atom stereocenters. The number of hydrogen-bond donors (Lipinski definition) is 1. The average Bonchev–Trinajstić information content (AvgIpc) is 3.16. The lowest BCUT2D eigenvalue weighted by Gasteiger charge is -2.35. The predicted molar refractivity (Wildman–Crippen MR) is 109 cm³/mol. The number of rotatable bonds is 5. The molecule has 0 saturated heterocycles. The van der Waals surface area contributed by atoms with Gasteiger partial charge in [-0.3, -0.25) is 19.6 Å². The second-order valence-electron chi connectivity index (χ2n) is 7.02. The maximum atomic E-state index is 14.5. The lowest BCUT2D eigenvalue weighted by atomic mass is 10.0. The zero-order valence-electron chi connectivity index (χ0n) is 15.8. The summed E-state index contributed by atoms with van der Waals surface area (Å²) in [5.74, 6) is -1.61. The molecule has 30 heavy (non-hydrogen) atoms. The van der Waals surface area contributed by atoms with Gasteiger partial charge in [0, 0.05) is 23.6 Å². The van der Waals surface area contributed by atoms with Crippen LogP contribution in [0, 0.1) is 5.82 Å². The van der Waals surface area contributed by atoms with E-state index in [2.05, 4.69) is 9.97 Å². The van der Waals surface area contributed by atoms with Crippen molar-refractivity contribution in [2.75, 3.05) is 0 Å². The first-order valence-corrected chi connectivity index (χ1v) is 9.76. The normalized spacial score (nSPS) is 16.0. The van der Waals surface area contributed by atoms with Crippen molar-refractivity contribution in [3.05, 3.63) is 94.3 Å². The molecule has 2 amide bonds. The van der Waals surface area contributed by atoms with E-state index in [0.717, 1.165) is 0 Å². The van der Waals surface area contributed by atoms with Crippen LogP contribution >= 0.6 is 11.6 Å². The number of nitrogens with two attached hydrogens (primary N) is 1. The molecule has 3 aromatic rings. The van der Waals surface area contributed by atoms with E-state index in [9.17, 15) is 14.0 Å². The largest absolute Gasteiger partial charge is 0.368 e. The molecule has 0 aliphatic heterocycles. The van der Waals surface area contributed by atoms with Gasteiger partial charge in [-0.2, -0.15) is 0 Å². The third kappa shape index (κ3) is 3.64. The number of hydrogen-bond acceptors (Lipinski definition) is 4. The minimum Gasteiger partial charge on any atom is -0.368 e. The standard InChI is InChI=1S/C22H18ClFN4O2/c23-14-10-16-15(17(24)11-14)6-7-19(16)28(22(30)13-4-3-8-26-12-13)20(21(25)29)18-5-1-2-9-27-18/h1-5,8-12,19-20H,6-7H2,(H2,25,29)/t19-,20-/m1/s1. The lowest BCUT2D eigenvalue weighted by Crippen LogP contribution is -2.44. The van der Waals surface area contributed by atoms with E-state index in [1.807, 2.05) is 0 Å². The van der Waals surface area contributed by atoms with Gasteiger partial charge < -0.3 is 10.6 Å². The molecule has 0 saturated carbocycles. The summed E-state index contributed by atoms with van der Waals surface area (Å²) in [6, 6.07) is 9.43. The number of fused-ring (bicyclic) bond motifs is 1. The highest BCUT2D eigenvalue weighted by Gasteiger charge is 2.40. The van der Waals surface area contributed by atoms with E-state index in [0.29, 0.717) is 29.7 Å². The van der Waals surface area contributed by atoms with Crippen molar-refractivity contribution in [3.8, 4) is 0 Å².